The molecule has 0 saturated heterocycles. The lowest BCUT2D eigenvalue weighted by atomic mass is 10.1. The van der Waals surface area contributed by atoms with E-state index < -0.39 is 15.8 Å². The summed E-state index contributed by atoms with van der Waals surface area (Å²) in [6.07, 6.45) is 0.189. The van der Waals surface area contributed by atoms with Gasteiger partial charge in [0.2, 0.25) is 5.91 Å². The van der Waals surface area contributed by atoms with Gasteiger partial charge >= 0.3 is 0 Å². The SMILES string of the molecule is COc1ccc(F)cc1S(=O)(=O)Nc1ccc2c(c1)CC(=O)N2. The summed E-state index contributed by atoms with van der Waals surface area (Å²) >= 11 is 0. The van der Waals surface area contributed by atoms with Crippen molar-refractivity contribution in [1.29, 1.82) is 0 Å². The third-order valence-electron chi connectivity index (χ3n) is 3.40. The van der Waals surface area contributed by atoms with Gasteiger partial charge in [0, 0.05) is 11.4 Å². The molecule has 0 spiro atoms. The second kappa shape index (κ2) is 5.54. The highest BCUT2D eigenvalue weighted by atomic mass is 32.2. The molecule has 0 unspecified atom stereocenters. The van der Waals surface area contributed by atoms with Crippen LogP contribution in [0.1, 0.15) is 5.56 Å². The Kier molecular flexibility index (Phi) is 3.69. The number of hydrogen-bond donors (Lipinski definition) is 2. The Labute approximate surface area is 132 Å². The van der Waals surface area contributed by atoms with Gasteiger partial charge in [0.15, 0.2) is 0 Å². The summed E-state index contributed by atoms with van der Waals surface area (Å²) in [5.41, 5.74) is 1.63. The van der Waals surface area contributed by atoms with Crippen LogP contribution >= 0.6 is 0 Å². The fourth-order valence-corrected chi connectivity index (χ4v) is 3.59. The minimum absolute atomic E-state index is 0.0388. The molecule has 1 amide bonds. The van der Waals surface area contributed by atoms with Gasteiger partial charge in [0.1, 0.15) is 16.5 Å². The Morgan fingerprint density at radius 1 is 1.22 bits per heavy atom. The minimum atomic E-state index is -4.03. The number of nitrogens with one attached hydrogen (secondary N) is 2. The van der Waals surface area contributed by atoms with Crippen molar-refractivity contribution in [3.63, 3.8) is 0 Å². The first-order valence-corrected chi connectivity index (χ1v) is 8.16. The number of ether oxygens (including phenoxy) is 1. The molecule has 0 bridgehead atoms. The highest BCUT2D eigenvalue weighted by Gasteiger charge is 2.22. The number of fused-ring (bicyclic) bond motifs is 1. The first-order valence-electron chi connectivity index (χ1n) is 6.68. The molecule has 2 aromatic carbocycles. The van der Waals surface area contributed by atoms with Gasteiger partial charge in [-0.05, 0) is 42.0 Å². The largest absolute Gasteiger partial charge is 0.495 e. The van der Waals surface area contributed by atoms with E-state index in [0.717, 1.165) is 12.1 Å². The van der Waals surface area contributed by atoms with Gasteiger partial charge in [-0.3, -0.25) is 9.52 Å². The number of benzene rings is 2. The first-order chi connectivity index (χ1) is 10.9. The van der Waals surface area contributed by atoms with E-state index in [2.05, 4.69) is 10.0 Å². The zero-order chi connectivity index (χ0) is 16.6. The number of carbonyl (C=O) groups excluding carboxylic acids is 1. The lowest BCUT2D eigenvalue weighted by molar-refractivity contribution is -0.115. The van der Waals surface area contributed by atoms with Crippen LogP contribution in [-0.4, -0.2) is 21.4 Å². The number of methoxy groups -OCH3 is 1. The standard InChI is InChI=1S/C15H13FN2O4S/c1-22-13-5-2-10(16)8-14(13)23(20,21)18-11-3-4-12-9(6-11)7-15(19)17-12/h2-6,8,18H,7H2,1H3,(H,17,19). The third-order valence-corrected chi connectivity index (χ3v) is 4.80. The molecule has 3 rings (SSSR count). The fourth-order valence-electron chi connectivity index (χ4n) is 2.36. The smallest absolute Gasteiger partial charge is 0.265 e. The van der Waals surface area contributed by atoms with Crippen molar-refractivity contribution in [2.45, 2.75) is 11.3 Å². The molecule has 23 heavy (non-hydrogen) atoms. The quantitative estimate of drug-likeness (QED) is 0.896. The summed E-state index contributed by atoms with van der Waals surface area (Å²) in [5, 5.41) is 2.66. The van der Waals surface area contributed by atoms with Crippen molar-refractivity contribution in [3.8, 4) is 5.75 Å². The molecule has 1 heterocycles. The molecule has 8 heteroatoms. The highest BCUT2D eigenvalue weighted by Crippen LogP contribution is 2.29. The van der Waals surface area contributed by atoms with E-state index in [0.29, 0.717) is 11.3 Å². The molecule has 1 aliphatic heterocycles. The Morgan fingerprint density at radius 2 is 2.00 bits per heavy atom. The van der Waals surface area contributed by atoms with Crippen LogP contribution in [0, 0.1) is 5.82 Å². The topological polar surface area (TPSA) is 84.5 Å². The summed E-state index contributed by atoms with van der Waals surface area (Å²) in [6, 6.07) is 7.95. The van der Waals surface area contributed by atoms with E-state index in [-0.39, 0.29) is 28.7 Å². The Hall–Kier alpha value is -2.61. The van der Waals surface area contributed by atoms with Crippen molar-refractivity contribution < 1.29 is 22.3 Å². The summed E-state index contributed by atoms with van der Waals surface area (Å²) in [5.74, 6) is -0.793. The van der Waals surface area contributed by atoms with E-state index in [1.807, 2.05) is 0 Å². The number of amides is 1. The summed E-state index contributed by atoms with van der Waals surface area (Å²) in [7, 11) is -2.73. The molecular formula is C15H13FN2O4S. The fraction of sp³-hybridized carbons (Fsp3) is 0.133. The molecule has 1 aliphatic rings. The van der Waals surface area contributed by atoms with Crippen LogP contribution in [0.5, 0.6) is 5.75 Å². The van der Waals surface area contributed by atoms with E-state index >= 15 is 0 Å². The van der Waals surface area contributed by atoms with E-state index in [1.165, 1.54) is 19.2 Å². The molecule has 0 fully saturated rings. The van der Waals surface area contributed by atoms with Gasteiger partial charge in [-0.2, -0.15) is 0 Å². The van der Waals surface area contributed by atoms with Gasteiger partial charge in [-0.25, -0.2) is 12.8 Å². The van der Waals surface area contributed by atoms with Crippen molar-refractivity contribution in [2.24, 2.45) is 0 Å². The van der Waals surface area contributed by atoms with E-state index in [1.54, 1.807) is 12.1 Å². The molecule has 2 aromatic rings. The predicted octanol–water partition coefficient (Wildman–Crippen LogP) is 2.13. The minimum Gasteiger partial charge on any atom is -0.495 e. The number of hydrogen-bond acceptors (Lipinski definition) is 4. The number of carbonyl (C=O) groups is 1. The molecular weight excluding hydrogens is 323 g/mol. The van der Waals surface area contributed by atoms with Crippen LogP contribution in [0.25, 0.3) is 0 Å². The van der Waals surface area contributed by atoms with Crippen molar-refractivity contribution in [3.05, 3.63) is 47.8 Å². The number of sulfonamides is 1. The van der Waals surface area contributed by atoms with Crippen molar-refractivity contribution >= 4 is 27.3 Å². The van der Waals surface area contributed by atoms with E-state index in [4.69, 9.17) is 4.74 Å². The number of anilines is 2. The van der Waals surface area contributed by atoms with E-state index in [9.17, 15) is 17.6 Å². The molecule has 0 saturated carbocycles. The Balaban J connectivity index is 1.95. The van der Waals surface area contributed by atoms with Gasteiger partial charge in [0.05, 0.1) is 13.5 Å². The average molecular weight is 336 g/mol. The zero-order valence-electron chi connectivity index (χ0n) is 12.1. The summed E-state index contributed by atoms with van der Waals surface area (Å²) in [4.78, 5) is 11.0. The second-order valence-electron chi connectivity index (χ2n) is 5.00. The van der Waals surface area contributed by atoms with Gasteiger partial charge < -0.3 is 10.1 Å². The predicted molar refractivity (Wildman–Crippen MR) is 82.5 cm³/mol. The van der Waals surface area contributed by atoms with Crippen LogP contribution in [0.3, 0.4) is 0 Å². The highest BCUT2D eigenvalue weighted by molar-refractivity contribution is 7.92. The second-order valence-corrected chi connectivity index (χ2v) is 6.65. The first kappa shape index (κ1) is 15.3. The molecule has 6 nitrogen and oxygen atoms in total. The maximum atomic E-state index is 13.4. The normalized spacial score (nSPS) is 13.4. The maximum absolute atomic E-state index is 13.4. The van der Waals surface area contributed by atoms with Crippen LogP contribution in [0.15, 0.2) is 41.3 Å². The van der Waals surface area contributed by atoms with Crippen LogP contribution < -0.4 is 14.8 Å². The van der Waals surface area contributed by atoms with Gasteiger partial charge in [-0.15, -0.1) is 0 Å². The maximum Gasteiger partial charge on any atom is 0.265 e. The van der Waals surface area contributed by atoms with Crippen LogP contribution in [-0.2, 0) is 21.2 Å². The lowest BCUT2D eigenvalue weighted by Gasteiger charge is -2.12. The molecule has 0 aromatic heterocycles. The molecule has 2 N–H and O–H groups in total. The lowest BCUT2D eigenvalue weighted by Crippen LogP contribution is -2.14. The summed E-state index contributed by atoms with van der Waals surface area (Å²) in [6.45, 7) is 0. The summed E-state index contributed by atoms with van der Waals surface area (Å²) < 4.78 is 45.6. The van der Waals surface area contributed by atoms with Crippen LogP contribution in [0.2, 0.25) is 0 Å². The van der Waals surface area contributed by atoms with Gasteiger partial charge in [0.25, 0.3) is 10.0 Å². The van der Waals surface area contributed by atoms with Crippen LogP contribution in [0.4, 0.5) is 15.8 Å². The van der Waals surface area contributed by atoms with Gasteiger partial charge in [-0.1, -0.05) is 0 Å². The Morgan fingerprint density at radius 3 is 2.74 bits per heavy atom. The number of rotatable bonds is 4. The molecule has 0 atom stereocenters. The van der Waals surface area contributed by atoms with Crippen molar-refractivity contribution in [1.82, 2.24) is 0 Å². The Bertz CT molecular complexity index is 896. The molecule has 120 valence electrons. The van der Waals surface area contributed by atoms with Crippen molar-refractivity contribution in [2.75, 3.05) is 17.1 Å². The monoisotopic (exact) mass is 336 g/mol. The number of halogens is 1. The molecule has 0 radical (unpaired) electrons. The third kappa shape index (κ3) is 2.98. The zero-order valence-corrected chi connectivity index (χ0v) is 12.9. The molecule has 0 aliphatic carbocycles. The average Bonchev–Trinajstić information content (AvgIpc) is 2.86.